The summed E-state index contributed by atoms with van der Waals surface area (Å²) in [5.41, 5.74) is 2.71. The van der Waals surface area contributed by atoms with E-state index in [4.69, 9.17) is 12.2 Å². The van der Waals surface area contributed by atoms with Crippen LogP contribution in [0.4, 0.5) is 5.69 Å². The second kappa shape index (κ2) is 6.30. The number of hydrogen-bond acceptors (Lipinski definition) is 4. The number of aryl methyl sites for hydroxylation is 3. The zero-order valence-corrected chi connectivity index (χ0v) is 15.2. The first-order chi connectivity index (χ1) is 11.4. The topological polar surface area (TPSA) is 49.4 Å². The molecule has 0 spiro atoms. The van der Waals surface area contributed by atoms with E-state index >= 15 is 0 Å². The van der Waals surface area contributed by atoms with E-state index in [0.29, 0.717) is 5.69 Å². The first kappa shape index (κ1) is 16.5. The fourth-order valence-electron chi connectivity index (χ4n) is 2.51. The number of hydrogen-bond donors (Lipinski definition) is 1. The molecule has 1 saturated heterocycles. The van der Waals surface area contributed by atoms with Crippen molar-refractivity contribution in [1.82, 2.24) is 5.32 Å². The molecule has 3 rings (SSSR count). The monoisotopic (exact) mass is 356 g/mol. The van der Waals surface area contributed by atoms with E-state index in [1.54, 1.807) is 6.08 Å². The maximum absolute atomic E-state index is 12.9. The van der Waals surface area contributed by atoms with Crippen molar-refractivity contribution in [3.8, 4) is 0 Å². The van der Waals surface area contributed by atoms with E-state index in [-0.39, 0.29) is 10.7 Å². The molecule has 0 radical (unpaired) electrons. The molecule has 2 heterocycles. The zero-order chi connectivity index (χ0) is 17.4. The number of carbonyl (C=O) groups excluding carboxylic acids is 2. The molecule has 0 saturated carbocycles. The van der Waals surface area contributed by atoms with Crippen LogP contribution in [-0.2, 0) is 9.59 Å². The van der Waals surface area contributed by atoms with Crippen LogP contribution in [0, 0.1) is 20.8 Å². The molecule has 0 unspecified atom stereocenters. The smallest absolute Gasteiger partial charge is 0.270 e. The molecular formula is C18H16N2O2S2. The maximum Gasteiger partial charge on any atom is 0.270 e. The summed E-state index contributed by atoms with van der Waals surface area (Å²) in [5, 5.41) is 2.73. The highest BCUT2D eigenvalue weighted by Gasteiger charge is 2.35. The van der Waals surface area contributed by atoms with Gasteiger partial charge in [-0.1, -0.05) is 12.1 Å². The molecule has 6 heteroatoms. The molecule has 1 fully saturated rings. The average molecular weight is 356 g/mol. The van der Waals surface area contributed by atoms with Gasteiger partial charge in [0.1, 0.15) is 5.57 Å². The van der Waals surface area contributed by atoms with Gasteiger partial charge in [-0.2, -0.15) is 0 Å². The van der Waals surface area contributed by atoms with Crippen LogP contribution in [0.5, 0.6) is 0 Å². The Labute approximate surface area is 149 Å². The van der Waals surface area contributed by atoms with Crippen LogP contribution >= 0.6 is 23.6 Å². The fourth-order valence-corrected chi connectivity index (χ4v) is 3.60. The molecule has 24 heavy (non-hydrogen) atoms. The van der Waals surface area contributed by atoms with Crippen LogP contribution in [0.1, 0.15) is 20.9 Å². The number of anilines is 1. The van der Waals surface area contributed by atoms with E-state index < -0.39 is 11.8 Å². The van der Waals surface area contributed by atoms with E-state index in [1.807, 2.05) is 51.1 Å². The first-order valence-corrected chi connectivity index (χ1v) is 8.64. The van der Waals surface area contributed by atoms with Crippen molar-refractivity contribution in [2.24, 2.45) is 0 Å². The molecule has 122 valence electrons. The van der Waals surface area contributed by atoms with Gasteiger partial charge in [0.15, 0.2) is 5.11 Å². The van der Waals surface area contributed by atoms with Gasteiger partial charge < -0.3 is 0 Å². The Morgan fingerprint density at radius 1 is 1.12 bits per heavy atom. The van der Waals surface area contributed by atoms with Crippen LogP contribution in [0.15, 0.2) is 35.9 Å². The fraction of sp³-hybridized carbons (Fsp3) is 0.167. The van der Waals surface area contributed by atoms with E-state index in [9.17, 15) is 9.59 Å². The van der Waals surface area contributed by atoms with Gasteiger partial charge in [-0.25, -0.2) is 0 Å². The minimum absolute atomic E-state index is 0.0892. The summed E-state index contributed by atoms with van der Waals surface area (Å²) in [6, 6.07) is 9.64. The Morgan fingerprint density at radius 3 is 2.54 bits per heavy atom. The lowest BCUT2D eigenvalue weighted by Gasteiger charge is -2.30. The van der Waals surface area contributed by atoms with Crippen molar-refractivity contribution < 1.29 is 9.59 Å². The van der Waals surface area contributed by atoms with Crippen molar-refractivity contribution in [3.05, 3.63) is 56.8 Å². The van der Waals surface area contributed by atoms with Gasteiger partial charge in [0.25, 0.3) is 11.8 Å². The summed E-state index contributed by atoms with van der Waals surface area (Å²) >= 11 is 6.77. The van der Waals surface area contributed by atoms with Crippen molar-refractivity contribution in [2.45, 2.75) is 20.8 Å². The Morgan fingerprint density at radius 2 is 1.88 bits per heavy atom. The molecule has 0 bridgehead atoms. The van der Waals surface area contributed by atoms with Crippen LogP contribution < -0.4 is 10.2 Å². The molecule has 2 amide bonds. The molecule has 1 aliphatic heterocycles. The summed E-state index contributed by atoms with van der Waals surface area (Å²) in [5.74, 6) is -0.860. The zero-order valence-electron chi connectivity index (χ0n) is 13.5. The first-order valence-electron chi connectivity index (χ1n) is 7.42. The van der Waals surface area contributed by atoms with Crippen molar-refractivity contribution >= 4 is 52.2 Å². The normalized spacial score (nSPS) is 16.7. The standard InChI is InChI=1S/C18H16N2O2S2/c1-10-4-5-11(2)15(8-10)20-17(22)14(16(21)19-18(20)23)9-13-7-6-12(3)24-13/h4-9H,1-3H3,(H,19,21,23)/b14-9+. The van der Waals surface area contributed by atoms with Crippen molar-refractivity contribution in [1.29, 1.82) is 0 Å². The van der Waals surface area contributed by atoms with Gasteiger partial charge in [-0.3, -0.25) is 19.8 Å². The minimum Gasteiger partial charge on any atom is -0.298 e. The SMILES string of the molecule is Cc1ccc(C)c(N2C(=O)/C(=C/c3ccc(C)s3)C(=O)NC2=S)c1. The van der Waals surface area contributed by atoms with Gasteiger partial charge in [0.05, 0.1) is 5.69 Å². The van der Waals surface area contributed by atoms with Crippen LogP contribution in [-0.4, -0.2) is 16.9 Å². The summed E-state index contributed by atoms with van der Waals surface area (Å²) < 4.78 is 0. The van der Waals surface area contributed by atoms with Crippen molar-refractivity contribution in [3.63, 3.8) is 0 Å². The summed E-state index contributed by atoms with van der Waals surface area (Å²) in [6.07, 6.45) is 1.62. The lowest BCUT2D eigenvalue weighted by molar-refractivity contribution is -0.122. The highest BCUT2D eigenvalue weighted by atomic mass is 32.1. The Hall–Kier alpha value is -2.31. The highest BCUT2D eigenvalue weighted by Crippen LogP contribution is 2.27. The summed E-state index contributed by atoms with van der Waals surface area (Å²) in [7, 11) is 0. The third kappa shape index (κ3) is 3.02. The summed E-state index contributed by atoms with van der Waals surface area (Å²) in [4.78, 5) is 28.6. The van der Waals surface area contributed by atoms with Crippen LogP contribution in [0.3, 0.4) is 0 Å². The molecule has 1 N–H and O–H groups in total. The average Bonchev–Trinajstić information content (AvgIpc) is 2.92. The largest absolute Gasteiger partial charge is 0.298 e. The van der Waals surface area contributed by atoms with Gasteiger partial charge in [0, 0.05) is 9.75 Å². The van der Waals surface area contributed by atoms with Gasteiger partial charge in [-0.15, -0.1) is 11.3 Å². The number of nitrogens with zero attached hydrogens (tertiary/aromatic N) is 1. The molecule has 2 aromatic rings. The Balaban J connectivity index is 2.06. The van der Waals surface area contributed by atoms with Gasteiger partial charge in [0.2, 0.25) is 0 Å². The molecule has 1 aliphatic rings. The quantitative estimate of drug-likeness (QED) is 0.509. The lowest BCUT2D eigenvalue weighted by Crippen LogP contribution is -2.54. The lowest BCUT2D eigenvalue weighted by atomic mass is 10.1. The second-order valence-electron chi connectivity index (χ2n) is 5.70. The number of rotatable bonds is 2. The number of amides is 2. The highest BCUT2D eigenvalue weighted by molar-refractivity contribution is 7.80. The number of benzene rings is 1. The van der Waals surface area contributed by atoms with Crippen LogP contribution in [0.2, 0.25) is 0 Å². The molecule has 0 atom stereocenters. The Bertz CT molecular complexity index is 896. The summed E-state index contributed by atoms with van der Waals surface area (Å²) in [6.45, 7) is 5.84. The van der Waals surface area contributed by atoms with Gasteiger partial charge >= 0.3 is 0 Å². The molecule has 1 aromatic carbocycles. The molecule has 0 aliphatic carbocycles. The molecule has 4 nitrogen and oxygen atoms in total. The van der Waals surface area contributed by atoms with Crippen LogP contribution in [0.25, 0.3) is 6.08 Å². The number of thiophene rings is 1. The predicted molar refractivity (Wildman–Crippen MR) is 101 cm³/mol. The van der Waals surface area contributed by atoms with E-state index in [1.165, 1.54) is 16.2 Å². The third-order valence-electron chi connectivity index (χ3n) is 3.75. The maximum atomic E-state index is 12.9. The molecule has 1 aromatic heterocycles. The number of thiocarbonyl (C=S) groups is 1. The number of nitrogens with one attached hydrogen (secondary N) is 1. The van der Waals surface area contributed by atoms with Gasteiger partial charge in [-0.05, 0) is 68.4 Å². The van der Waals surface area contributed by atoms with E-state index in [2.05, 4.69) is 5.32 Å². The predicted octanol–water partition coefficient (Wildman–Crippen LogP) is 3.50. The minimum atomic E-state index is -0.461. The third-order valence-corrected chi connectivity index (χ3v) is 4.99. The molecular weight excluding hydrogens is 340 g/mol. The second-order valence-corrected chi connectivity index (χ2v) is 7.40. The van der Waals surface area contributed by atoms with Crippen molar-refractivity contribution in [2.75, 3.05) is 4.90 Å². The van der Waals surface area contributed by atoms with E-state index in [0.717, 1.165) is 20.9 Å². The Kier molecular flexibility index (Phi) is 4.34. The number of carbonyl (C=O) groups is 2.